The highest BCUT2D eigenvalue weighted by molar-refractivity contribution is 7.93. The third-order valence-electron chi connectivity index (χ3n) is 6.27. The SMILES string of the molecule is Cc1ccc(S(=O)(=O)N2c3cc(C)ccc3[C@](C)(c3ccccc3)CC2(C)C)cc1. The van der Waals surface area contributed by atoms with Gasteiger partial charge in [0, 0.05) is 5.41 Å². The Morgan fingerprint density at radius 3 is 2.03 bits per heavy atom. The molecule has 1 atom stereocenters. The van der Waals surface area contributed by atoms with Gasteiger partial charge in [0.2, 0.25) is 0 Å². The van der Waals surface area contributed by atoms with Gasteiger partial charge in [0.05, 0.1) is 16.1 Å². The fraction of sp³-hybridized carbons (Fsp3) is 0.308. The lowest BCUT2D eigenvalue weighted by Gasteiger charge is -2.51. The number of rotatable bonds is 3. The van der Waals surface area contributed by atoms with E-state index in [1.807, 2.05) is 52.0 Å². The Morgan fingerprint density at radius 2 is 1.40 bits per heavy atom. The van der Waals surface area contributed by atoms with Crippen LogP contribution in [0.3, 0.4) is 0 Å². The number of hydrogen-bond acceptors (Lipinski definition) is 2. The van der Waals surface area contributed by atoms with Crippen LogP contribution in [0.25, 0.3) is 0 Å². The van der Waals surface area contributed by atoms with E-state index in [-0.39, 0.29) is 5.41 Å². The average molecular weight is 420 g/mol. The maximum atomic E-state index is 13.9. The van der Waals surface area contributed by atoms with Crippen molar-refractivity contribution < 1.29 is 8.42 Å². The van der Waals surface area contributed by atoms with Crippen molar-refractivity contribution in [2.24, 2.45) is 0 Å². The quantitative estimate of drug-likeness (QED) is 0.523. The molecule has 0 aliphatic carbocycles. The lowest BCUT2D eigenvalue weighted by molar-refractivity contribution is 0.351. The molecule has 0 bridgehead atoms. The zero-order valence-corrected chi connectivity index (χ0v) is 19.1. The predicted molar refractivity (Wildman–Crippen MR) is 124 cm³/mol. The third kappa shape index (κ3) is 3.24. The molecule has 0 saturated carbocycles. The molecule has 1 aliphatic rings. The van der Waals surface area contributed by atoms with Crippen LogP contribution in [-0.2, 0) is 15.4 Å². The van der Waals surface area contributed by atoms with Crippen LogP contribution < -0.4 is 4.31 Å². The van der Waals surface area contributed by atoms with Crippen molar-refractivity contribution in [3.63, 3.8) is 0 Å². The highest BCUT2D eigenvalue weighted by Crippen LogP contribution is 2.52. The smallest absolute Gasteiger partial charge is 0.260 e. The summed E-state index contributed by atoms with van der Waals surface area (Å²) in [5.41, 5.74) is 4.23. The van der Waals surface area contributed by atoms with Crippen molar-refractivity contribution in [1.29, 1.82) is 0 Å². The summed E-state index contributed by atoms with van der Waals surface area (Å²) < 4.78 is 29.4. The Kier molecular flexibility index (Phi) is 4.81. The molecule has 3 aromatic rings. The van der Waals surface area contributed by atoms with E-state index >= 15 is 0 Å². The van der Waals surface area contributed by atoms with Gasteiger partial charge in [-0.3, -0.25) is 4.31 Å². The number of sulfonamides is 1. The van der Waals surface area contributed by atoms with Crippen LogP contribution in [0.15, 0.2) is 77.7 Å². The lowest BCUT2D eigenvalue weighted by atomic mass is 9.66. The minimum Gasteiger partial charge on any atom is -0.260 e. The Balaban J connectivity index is 1.98. The molecular formula is C26H29NO2S. The van der Waals surface area contributed by atoms with Gasteiger partial charge >= 0.3 is 0 Å². The summed E-state index contributed by atoms with van der Waals surface area (Å²) in [6, 6.07) is 23.7. The molecule has 0 amide bonds. The first-order valence-electron chi connectivity index (χ1n) is 10.3. The normalized spacial score (nSPS) is 20.6. The highest BCUT2D eigenvalue weighted by Gasteiger charge is 2.50. The summed E-state index contributed by atoms with van der Waals surface area (Å²) in [6.45, 7) is 10.3. The van der Waals surface area contributed by atoms with Crippen LogP contribution in [0.4, 0.5) is 5.69 Å². The van der Waals surface area contributed by atoms with Gasteiger partial charge in [0.1, 0.15) is 0 Å². The molecule has 156 valence electrons. The number of aryl methyl sites for hydroxylation is 2. The highest BCUT2D eigenvalue weighted by atomic mass is 32.2. The van der Waals surface area contributed by atoms with Crippen molar-refractivity contribution in [1.82, 2.24) is 0 Å². The molecular weight excluding hydrogens is 390 g/mol. The second kappa shape index (κ2) is 6.98. The first-order chi connectivity index (χ1) is 14.1. The summed E-state index contributed by atoms with van der Waals surface area (Å²) in [5, 5.41) is 0. The molecule has 1 heterocycles. The topological polar surface area (TPSA) is 37.4 Å². The Bertz CT molecular complexity index is 1180. The van der Waals surface area contributed by atoms with E-state index in [1.165, 1.54) is 5.56 Å². The first kappa shape index (κ1) is 20.7. The fourth-order valence-electron chi connectivity index (χ4n) is 4.97. The zero-order valence-electron chi connectivity index (χ0n) is 18.3. The number of hydrogen-bond donors (Lipinski definition) is 0. The molecule has 4 heteroatoms. The summed E-state index contributed by atoms with van der Waals surface area (Å²) in [7, 11) is -3.72. The van der Waals surface area contributed by atoms with Gasteiger partial charge in [-0.25, -0.2) is 8.42 Å². The third-order valence-corrected chi connectivity index (χ3v) is 8.31. The van der Waals surface area contributed by atoms with Gasteiger partial charge in [-0.05, 0) is 69.0 Å². The lowest BCUT2D eigenvalue weighted by Crippen LogP contribution is -2.55. The van der Waals surface area contributed by atoms with E-state index in [4.69, 9.17) is 0 Å². The summed E-state index contributed by atoms with van der Waals surface area (Å²) in [5.74, 6) is 0. The molecule has 0 N–H and O–H groups in total. The molecule has 4 rings (SSSR count). The predicted octanol–water partition coefficient (Wildman–Crippen LogP) is 5.99. The van der Waals surface area contributed by atoms with E-state index in [0.717, 1.165) is 22.4 Å². The number of anilines is 1. The number of fused-ring (bicyclic) bond motifs is 1. The van der Waals surface area contributed by atoms with Crippen LogP contribution in [0.5, 0.6) is 0 Å². The molecule has 1 aliphatic heterocycles. The van der Waals surface area contributed by atoms with Crippen LogP contribution in [0.2, 0.25) is 0 Å². The monoisotopic (exact) mass is 419 g/mol. The maximum Gasteiger partial charge on any atom is 0.264 e. The minimum atomic E-state index is -3.72. The molecule has 0 unspecified atom stereocenters. The Labute approximate surface area is 180 Å². The molecule has 0 saturated heterocycles. The van der Waals surface area contributed by atoms with E-state index in [1.54, 1.807) is 16.4 Å². The first-order valence-corrected chi connectivity index (χ1v) is 11.8. The van der Waals surface area contributed by atoms with Gasteiger partial charge < -0.3 is 0 Å². The van der Waals surface area contributed by atoms with E-state index in [2.05, 4.69) is 43.3 Å². The Hall–Kier alpha value is -2.59. The number of benzene rings is 3. The second-order valence-corrected chi connectivity index (χ2v) is 11.1. The van der Waals surface area contributed by atoms with E-state index in [0.29, 0.717) is 11.3 Å². The van der Waals surface area contributed by atoms with Crippen LogP contribution in [0.1, 0.15) is 49.4 Å². The van der Waals surface area contributed by atoms with E-state index in [9.17, 15) is 8.42 Å². The molecule has 3 aromatic carbocycles. The summed E-state index contributed by atoms with van der Waals surface area (Å²) in [4.78, 5) is 0.331. The minimum absolute atomic E-state index is 0.285. The second-order valence-electron chi connectivity index (χ2n) is 9.29. The van der Waals surface area contributed by atoms with Crippen molar-refractivity contribution in [2.75, 3.05) is 4.31 Å². The molecule has 0 spiro atoms. The Morgan fingerprint density at radius 1 is 0.800 bits per heavy atom. The summed E-state index contributed by atoms with van der Waals surface area (Å²) in [6.07, 6.45) is 0.686. The van der Waals surface area contributed by atoms with Crippen LogP contribution >= 0.6 is 0 Å². The molecule has 30 heavy (non-hydrogen) atoms. The zero-order chi connectivity index (χ0) is 21.7. The van der Waals surface area contributed by atoms with E-state index < -0.39 is 15.6 Å². The molecule has 0 aromatic heterocycles. The summed E-state index contributed by atoms with van der Waals surface area (Å²) >= 11 is 0. The largest absolute Gasteiger partial charge is 0.264 e. The molecule has 0 radical (unpaired) electrons. The average Bonchev–Trinajstić information content (AvgIpc) is 2.67. The molecule has 3 nitrogen and oxygen atoms in total. The van der Waals surface area contributed by atoms with Gasteiger partial charge in [-0.2, -0.15) is 0 Å². The van der Waals surface area contributed by atoms with Gasteiger partial charge in [-0.1, -0.05) is 67.1 Å². The fourth-order valence-corrected chi connectivity index (χ4v) is 6.78. The number of nitrogens with zero attached hydrogens (tertiary/aromatic N) is 1. The van der Waals surface area contributed by atoms with Crippen LogP contribution in [0, 0.1) is 13.8 Å². The standard InChI is InChI=1S/C26H29NO2S/c1-19-11-14-22(15-12-19)30(28,29)27-24-17-20(2)13-16-23(24)26(5,18-25(27,3)4)21-9-7-6-8-10-21/h6-17H,18H2,1-5H3/t26-/m0/s1. The van der Waals surface area contributed by atoms with Crippen molar-refractivity contribution in [3.8, 4) is 0 Å². The van der Waals surface area contributed by atoms with Crippen molar-refractivity contribution in [2.45, 2.75) is 56.9 Å². The maximum absolute atomic E-state index is 13.9. The van der Waals surface area contributed by atoms with Gasteiger partial charge in [0.15, 0.2) is 0 Å². The van der Waals surface area contributed by atoms with Crippen LogP contribution in [-0.4, -0.2) is 14.0 Å². The van der Waals surface area contributed by atoms with Crippen molar-refractivity contribution in [3.05, 3.63) is 95.1 Å². The van der Waals surface area contributed by atoms with Crippen molar-refractivity contribution >= 4 is 15.7 Å². The van der Waals surface area contributed by atoms with Gasteiger partial charge in [0.25, 0.3) is 10.0 Å². The van der Waals surface area contributed by atoms with Gasteiger partial charge in [-0.15, -0.1) is 0 Å². The molecule has 0 fully saturated rings.